The lowest BCUT2D eigenvalue weighted by atomic mass is 10.1. The van der Waals surface area contributed by atoms with Crippen LogP contribution in [0.15, 0.2) is 0 Å². The van der Waals surface area contributed by atoms with Crippen LogP contribution in [0.1, 0.15) is 44.7 Å². The van der Waals surface area contributed by atoms with Crippen LogP contribution >= 0.6 is 11.3 Å². The van der Waals surface area contributed by atoms with Crippen molar-refractivity contribution in [3.05, 3.63) is 10.6 Å². The average Bonchev–Trinajstić information content (AvgIpc) is 2.85. The van der Waals surface area contributed by atoms with Crippen LogP contribution in [0.3, 0.4) is 0 Å². The van der Waals surface area contributed by atoms with Crippen LogP contribution in [-0.4, -0.2) is 31.7 Å². The summed E-state index contributed by atoms with van der Waals surface area (Å²) in [5.74, 6) is 0.696. The minimum absolute atomic E-state index is 0.595. The van der Waals surface area contributed by atoms with Crippen LogP contribution in [-0.2, 0) is 17.9 Å². The Morgan fingerprint density at radius 3 is 2.65 bits per heavy atom. The first kappa shape index (κ1) is 17.4. The zero-order valence-electron chi connectivity index (χ0n) is 13.5. The van der Waals surface area contributed by atoms with Gasteiger partial charge in [0.25, 0.3) is 0 Å². The first-order chi connectivity index (χ1) is 9.65. The fraction of sp³-hybridized carbons (Fsp3) is 0.800. The summed E-state index contributed by atoms with van der Waals surface area (Å²) in [5.41, 5.74) is 1.08. The maximum atomic E-state index is 5.28. The quantitative estimate of drug-likeness (QED) is 0.719. The summed E-state index contributed by atoms with van der Waals surface area (Å²) in [7, 11) is 1.73. The highest BCUT2D eigenvalue weighted by Gasteiger charge is 2.16. The number of nitrogens with zero attached hydrogens (tertiary/aromatic N) is 2. The van der Waals surface area contributed by atoms with E-state index in [2.05, 4.69) is 37.9 Å². The van der Waals surface area contributed by atoms with E-state index in [1.807, 2.05) is 0 Å². The van der Waals surface area contributed by atoms with Crippen molar-refractivity contribution >= 4 is 16.5 Å². The van der Waals surface area contributed by atoms with Gasteiger partial charge in [0.15, 0.2) is 5.13 Å². The van der Waals surface area contributed by atoms with E-state index < -0.39 is 0 Å². The second-order valence-corrected chi connectivity index (χ2v) is 6.19. The summed E-state index contributed by atoms with van der Waals surface area (Å²) in [4.78, 5) is 8.47. The van der Waals surface area contributed by atoms with E-state index in [0.29, 0.717) is 12.5 Å². The highest BCUT2D eigenvalue weighted by molar-refractivity contribution is 7.15. The zero-order chi connectivity index (χ0) is 15.0. The van der Waals surface area contributed by atoms with E-state index in [1.54, 1.807) is 18.4 Å². The van der Waals surface area contributed by atoms with Crippen LogP contribution < -0.4 is 10.2 Å². The van der Waals surface area contributed by atoms with Gasteiger partial charge >= 0.3 is 0 Å². The molecule has 0 radical (unpaired) electrons. The zero-order valence-corrected chi connectivity index (χ0v) is 14.3. The van der Waals surface area contributed by atoms with Crippen molar-refractivity contribution in [2.24, 2.45) is 5.92 Å². The summed E-state index contributed by atoms with van der Waals surface area (Å²) >= 11 is 1.80. The van der Waals surface area contributed by atoms with Crippen molar-refractivity contribution in [2.75, 3.05) is 31.6 Å². The third-order valence-corrected chi connectivity index (χ3v) is 4.62. The Morgan fingerprint density at radius 2 is 2.10 bits per heavy atom. The van der Waals surface area contributed by atoms with E-state index in [1.165, 1.54) is 11.3 Å². The molecule has 0 aliphatic rings. The first-order valence-electron chi connectivity index (χ1n) is 7.59. The molecule has 20 heavy (non-hydrogen) atoms. The van der Waals surface area contributed by atoms with Gasteiger partial charge in [-0.15, -0.1) is 11.3 Å². The average molecular weight is 299 g/mol. The fourth-order valence-electron chi connectivity index (χ4n) is 1.98. The van der Waals surface area contributed by atoms with Crippen molar-refractivity contribution in [1.29, 1.82) is 0 Å². The summed E-state index contributed by atoms with van der Waals surface area (Å²) < 4.78 is 5.28. The Labute approximate surface area is 127 Å². The fourth-order valence-corrected chi connectivity index (χ4v) is 3.08. The monoisotopic (exact) mass is 299 g/mol. The number of nitrogens with one attached hydrogen (secondary N) is 1. The molecular weight excluding hydrogens is 270 g/mol. The molecule has 0 aliphatic heterocycles. The molecule has 0 spiro atoms. The second kappa shape index (κ2) is 9.32. The Morgan fingerprint density at radius 1 is 1.35 bits per heavy atom. The minimum Gasteiger partial charge on any atom is -0.378 e. The molecule has 1 heterocycles. The first-order valence-corrected chi connectivity index (χ1v) is 8.40. The molecule has 0 saturated carbocycles. The molecule has 1 aromatic heterocycles. The van der Waals surface area contributed by atoms with Crippen molar-refractivity contribution in [3.63, 3.8) is 0 Å². The molecule has 4 nitrogen and oxygen atoms in total. The molecule has 0 saturated heterocycles. The topological polar surface area (TPSA) is 37.4 Å². The molecule has 0 aromatic carbocycles. The lowest BCUT2D eigenvalue weighted by Gasteiger charge is -2.23. The lowest BCUT2D eigenvalue weighted by molar-refractivity contribution is 0.181. The molecule has 116 valence electrons. The number of hydrogen-bond acceptors (Lipinski definition) is 5. The third kappa shape index (κ3) is 5.04. The van der Waals surface area contributed by atoms with Crippen molar-refractivity contribution in [3.8, 4) is 0 Å². The molecule has 5 heteroatoms. The summed E-state index contributed by atoms with van der Waals surface area (Å²) in [6, 6.07) is 0. The predicted octanol–water partition coefficient (Wildman–Crippen LogP) is 3.27. The van der Waals surface area contributed by atoms with Gasteiger partial charge in [0.2, 0.25) is 0 Å². The van der Waals surface area contributed by atoms with Gasteiger partial charge in [0.1, 0.15) is 0 Å². The molecule has 1 rings (SSSR count). The van der Waals surface area contributed by atoms with Crippen molar-refractivity contribution in [1.82, 2.24) is 10.3 Å². The molecule has 1 N–H and O–H groups in total. The Bertz CT molecular complexity index is 381. The number of rotatable bonds is 10. The van der Waals surface area contributed by atoms with E-state index in [-0.39, 0.29) is 0 Å². The lowest BCUT2D eigenvalue weighted by Crippen LogP contribution is -2.27. The molecule has 0 bridgehead atoms. The Balaban J connectivity index is 2.86. The van der Waals surface area contributed by atoms with Gasteiger partial charge < -0.3 is 15.0 Å². The van der Waals surface area contributed by atoms with E-state index in [0.717, 1.165) is 37.0 Å². The maximum Gasteiger partial charge on any atom is 0.185 e. The highest BCUT2D eigenvalue weighted by Crippen LogP contribution is 2.27. The van der Waals surface area contributed by atoms with Crippen LogP contribution in [0.4, 0.5) is 5.13 Å². The number of anilines is 1. The van der Waals surface area contributed by atoms with Gasteiger partial charge in [-0.2, -0.15) is 0 Å². The van der Waals surface area contributed by atoms with Gasteiger partial charge in [-0.05, 0) is 19.4 Å². The molecule has 0 amide bonds. The molecule has 0 fully saturated rings. The number of thiazole rings is 1. The van der Waals surface area contributed by atoms with Crippen LogP contribution in [0.2, 0.25) is 0 Å². The SMILES string of the molecule is CCNCc1sc(N(CC)CC(C)CC)nc1COC. The van der Waals surface area contributed by atoms with Gasteiger partial charge in [0.05, 0.1) is 12.3 Å². The van der Waals surface area contributed by atoms with E-state index in [4.69, 9.17) is 9.72 Å². The van der Waals surface area contributed by atoms with Gasteiger partial charge in [-0.25, -0.2) is 4.98 Å². The Kier molecular flexibility index (Phi) is 8.11. The van der Waals surface area contributed by atoms with Crippen LogP contribution in [0.5, 0.6) is 0 Å². The number of ether oxygens (including phenoxy) is 1. The van der Waals surface area contributed by atoms with Gasteiger partial charge in [-0.1, -0.05) is 27.2 Å². The number of methoxy groups -OCH3 is 1. The molecule has 1 unspecified atom stereocenters. The van der Waals surface area contributed by atoms with Crippen LogP contribution in [0, 0.1) is 5.92 Å². The molecular formula is C15H29N3OS. The third-order valence-electron chi connectivity index (χ3n) is 3.46. The highest BCUT2D eigenvalue weighted by atomic mass is 32.1. The largest absolute Gasteiger partial charge is 0.378 e. The van der Waals surface area contributed by atoms with Crippen molar-refractivity contribution in [2.45, 2.75) is 47.3 Å². The van der Waals surface area contributed by atoms with E-state index >= 15 is 0 Å². The minimum atomic E-state index is 0.595. The van der Waals surface area contributed by atoms with Crippen molar-refractivity contribution < 1.29 is 4.74 Å². The maximum absolute atomic E-state index is 5.28. The molecule has 1 aromatic rings. The second-order valence-electron chi connectivity index (χ2n) is 5.13. The standard InChI is InChI=1S/C15H29N3OS/c1-6-12(4)10-18(8-3)15-17-13(11-19-5)14(20-15)9-16-7-2/h12,16H,6-11H2,1-5H3. The Hall–Kier alpha value is -0.650. The summed E-state index contributed by atoms with van der Waals surface area (Å²) in [6.45, 7) is 13.4. The number of hydrogen-bond donors (Lipinski definition) is 1. The number of aromatic nitrogens is 1. The van der Waals surface area contributed by atoms with Crippen LogP contribution in [0.25, 0.3) is 0 Å². The molecule has 0 aliphatic carbocycles. The normalized spacial score (nSPS) is 12.7. The summed E-state index contributed by atoms with van der Waals surface area (Å²) in [5, 5.41) is 4.51. The molecule has 1 atom stereocenters. The van der Waals surface area contributed by atoms with E-state index in [9.17, 15) is 0 Å². The summed E-state index contributed by atoms with van der Waals surface area (Å²) in [6.07, 6.45) is 1.21. The van der Waals surface area contributed by atoms with Gasteiger partial charge in [0, 0.05) is 31.6 Å². The predicted molar refractivity (Wildman–Crippen MR) is 87.5 cm³/mol. The smallest absolute Gasteiger partial charge is 0.185 e. The van der Waals surface area contributed by atoms with Gasteiger partial charge in [-0.3, -0.25) is 0 Å².